The summed E-state index contributed by atoms with van der Waals surface area (Å²) < 4.78 is 15.1. The maximum absolute atomic E-state index is 10.9. The fourth-order valence-corrected chi connectivity index (χ4v) is 7.57. The van der Waals surface area contributed by atoms with Crippen LogP contribution in [0.25, 0.3) is 11.4 Å². The molecule has 2 aromatic heterocycles. The van der Waals surface area contributed by atoms with Crippen molar-refractivity contribution in [3.8, 4) is 57.9 Å². The third-order valence-corrected chi connectivity index (χ3v) is 9.51. The monoisotopic (exact) mass is 584 g/mol. The molecular weight excluding hydrogens is 556 g/mol. The third-order valence-electron chi connectivity index (χ3n) is 9.51. The molecule has 0 saturated carbocycles. The van der Waals surface area contributed by atoms with Crippen molar-refractivity contribution < 1.29 is 29.9 Å². The van der Waals surface area contributed by atoms with Crippen LogP contribution in [0.2, 0.25) is 0 Å². The van der Waals surface area contributed by atoms with Gasteiger partial charge in [0.25, 0.3) is 0 Å². The molecule has 4 N–H and O–H groups in total. The Morgan fingerprint density at radius 3 is 1.14 bits per heavy atom. The van der Waals surface area contributed by atoms with Gasteiger partial charge in [0.05, 0.1) is 11.4 Å². The minimum Gasteiger partial charge on any atom is -0.494 e. The molecule has 3 aromatic carbocycles. The number of allylic oxidation sites excluding steroid dienone is 4. The van der Waals surface area contributed by atoms with Gasteiger partial charge in [0.15, 0.2) is 0 Å². The number of nitrogens with zero attached hydrogens (tertiary/aromatic N) is 2. The Morgan fingerprint density at radius 1 is 0.455 bits per heavy atom. The molecule has 8 heteroatoms. The summed E-state index contributed by atoms with van der Waals surface area (Å²) >= 11 is 0. The molecular formula is C36H28N2O6. The summed E-state index contributed by atoms with van der Waals surface area (Å²) in [5.74, 6) is 3.37. The lowest BCUT2D eigenvalue weighted by molar-refractivity contribution is 0.394. The van der Waals surface area contributed by atoms with Gasteiger partial charge in [-0.15, -0.1) is 0 Å². The van der Waals surface area contributed by atoms with Crippen LogP contribution in [0, 0.1) is 0 Å². The van der Waals surface area contributed by atoms with Crippen LogP contribution in [0.3, 0.4) is 0 Å². The third kappa shape index (κ3) is 3.51. The number of hydrogen-bond donors (Lipinski definition) is 4. The molecule has 0 fully saturated rings. The highest BCUT2D eigenvalue weighted by molar-refractivity contribution is 5.63. The molecule has 4 atom stereocenters. The predicted octanol–water partition coefficient (Wildman–Crippen LogP) is 7.96. The SMILES string of the molecule is Oc1c2c(c(O)n1-c1ccc(Oc3cccc(Oc4ccc(-n5c(O)c6c(c5O)C5C=CC6C5)cc4)c3)cc1)C1C=CC2C1. The van der Waals surface area contributed by atoms with Gasteiger partial charge in [0.1, 0.15) is 23.0 Å². The zero-order valence-corrected chi connectivity index (χ0v) is 23.5. The summed E-state index contributed by atoms with van der Waals surface area (Å²) in [6.45, 7) is 0. The number of rotatable bonds is 6. The molecule has 4 aliphatic carbocycles. The summed E-state index contributed by atoms with van der Waals surface area (Å²) in [6.07, 6.45) is 10.2. The van der Waals surface area contributed by atoms with Gasteiger partial charge in [0, 0.05) is 52.0 Å². The van der Waals surface area contributed by atoms with Crippen molar-refractivity contribution >= 4 is 0 Å². The maximum atomic E-state index is 10.9. The first-order valence-electron chi connectivity index (χ1n) is 14.8. The minimum atomic E-state index is 0.0933. The second-order valence-electron chi connectivity index (χ2n) is 12.0. The molecule has 218 valence electrons. The first kappa shape index (κ1) is 25.0. The Bertz CT molecular complexity index is 1820. The van der Waals surface area contributed by atoms with E-state index in [0.717, 1.165) is 35.1 Å². The Morgan fingerprint density at radius 2 is 0.795 bits per heavy atom. The number of fused-ring (bicyclic) bond motifs is 10. The minimum absolute atomic E-state index is 0.0933. The van der Waals surface area contributed by atoms with Gasteiger partial charge >= 0.3 is 0 Å². The van der Waals surface area contributed by atoms with Gasteiger partial charge in [-0.25, -0.2) is 0 Å². The first-order valence-corrected chi connectivity index (χ1v) is 14.8. The van der Waals surface area contributed by atoms with Crippen molar-refractivity contribution in [2.24, 2.45) is 0 Å². The number of aromatic nitrogens is 2. The molecule has 0 amide bonds. The van der Waals surface area contributed by atoms with Crippen LogP contribution < -0.4 is 9.47 Å². The molecule has 0 saturated heterocycles. The molecule has 0 spiro atoms. The van der Waals surface area contributed by atoms with Crippen molar-refractivity contribution in [2.75, 3.05) is 0 Å². The van der Waals surface area contributed by atoms with Gasteiger partial charge in [-0.2, -0.15) is 0 Å². The number of ether oxygens (including phenoxy) is 2. The Kier molecular flexibility index (Phi) is 5.12. The zero-order valence-electron chi connectivity index (χ0n) is 23.5. The molecule has 9 rings (SSSR count). The highest BCUT2D eigenvalue weighted by atomic mass is 16.5. The highest BCUT2D eigenvalue weighted by Gasteiger charge is 2.42. The van der Waals surface area contributed by atoms with E-state index >= 15 is 0 Å². The van der Waals surface area contributed by atoms with Crippen LogP contribution in [0.5, 0.6) is 46.5 Å². The standard InChI is InChI=1S/C36H28N2O6/c39-33-29-19-4-5-20(16-19)30(29)34(40)37(33)23-8-12-25(13-9-23)43-27-2-1-3-28(18-27)44-26-14-10-24(11-15-26)38-35(41)31-21-6-7-22(17-21)32(31)36(38)42/h1-15,18-22,39-42H,16-17H2. The molecule has 4 bridgehead atoms. The molecule has 8 nitrogen and oxygen atoms in total. The summed E-state index contributed by atoms with van der Waals surface area (Å²) in [5, 5.41) is 43.6. The van der Waals surface area contributed by atoms with Crippen LogP contribution in [-0.2, 0) is 0 Å². The van der Waals surface area contributed by atoms with Crippen LogP contribution in [0.4, 0.5) is 0 Å². The van der Waals surface area contributed by atoms with E-state index in [9.17, 15) is 20.4 Å². The molecule has 0 radical (unpaired) electrons. The van der Waals surface area contributed by atoms with E-state index in [0.29, 0.717) is 34.4 Å². The smallest absolute Gasteiger partial charge is 0.202 e. The van der Waals surface area contributed by atoms with Crippen molar-refractivity contribution in [2.45, 2.75) is 36.5 Å². The summed E-state index contributed by atoms with van der Waals surface area (Å²) in [4.78, 5) is 0. The number of hydrogen-bond acceptors (Lipinski definition) is 6. The van der Waals surface area contributed by atoms with E-state index < -0.39 is 0 Å². The fourth-order valence-electron chi connectivity index (χ4n) is 7.57. The number of benzene rings is 3. The predicted molar refractivity (Wildman–Crippen MR) is 163 cm³/mol. The average molecular weight is 585 g/mol. The second kappa shape index (κ2) is 9.00. The lowest BCUT2D eigenvalue weighted by Gasteiger charge is -2.13. The fraction of sp³-hybridized carbons (Fsp3) is 0.167. The topological polar surface area (TPSA) is 109 Å². The average Bonchev–Trinajstić information content (AvgIpc) is 3.88. The van der Waals surface area contributed by atoms with Gasteiger partial charge in [-0.1, -0.05) is 30.4 Å². The van der Waals surface area contributed by atoms with Crippen LogP contribution in [-0.4, -0.2) is 29.6 Å². The van der Waals surface area contributed by atoms with Crippen molar-refractivity contribution in [1.82, 2.24) is 9.13 Å². The summed E-state index contributed by atoms with van der Waals surface area (Å²) in [6, 6.07) is 21.7. The Labute approximate surface area is 252 Å². The normalized spacial score (nSPS) is 21.6. The van der Waals surface area contributed by atoms with Crippen molar-refractivity contribution in [1.29, 1.82) is 0 Å². The zero-order chi connectivity index (χ0) is 29.7. The van der Waals surface area contributed by atoms with Crippen LogP contribution >= 0.6 is 0 Å². The van der Waals surface area contributed by atoms with Gasteiger partial charge < -0.3 is 29.9 Å². The van der Waals surface area contributed by atoms with E-state index in [-0.39, 0.29) is 47.2 Å². The molecule has 5 aromatic rings. The van der Waals surface area contributed by atoms with E-state index in [1.165, 1.54) is 9.13 Å². The summed E-state index contributed by atoms with van der Waals surface area (Å²) in [5.41, 5.74) is 4.62. The largest absolute Gasteiger partial charge is 0.494 e. The van der Waals surface area contributed by atoms with E-state index in [1.807, 2.05) is 18.2 Å². The molecule has 0 aliphatic heterocycles. The van der Waals surface area contributed by atoms with Gasteiger partial charge in [-0.3, -0.25) is 9.13 Å². The van der Waals surface area contributed by atoms with Crippen molar-refractivity contribution in [3.05, 3.63) is 119 Å². The molecule has 2 heterocycles. The van der Waals surface area contributed by atoms with E-state index in [2.05, 4.69) is 24.3 Å². The molecule has 4 unspecified atom stereocenters. The highest BCUT2D eigenvalue weighted by Crippen LogP contribution is 2.58. The van der Waals surface area contributed by atoms with Crippen LogP contribution in [0.1, 0.15) is 58.8 Å². The van der Waals surface area contributed by atoms with Gasteiger partial charge in [0.2, 0.25) is 23.5 Å². The first-order chi connectivity index (χ1) is 21.4. The quantitative estimate of drug-likeness (QED) is 0.151. The maximum Gasteiger partial charge on any atom is 0.202 e. The molecule has 44 heavy (non-hydrogen) atoms. The van der Waals surface area contributed by atoms with Gasteiger partial charge in [-0.05, 0) is 73.5 Å². The molecule has 4 aliphatic rings. The van der Waals surface area contributed by atoms with E-state index in [4.69, 9.17) is 9.47 Å². The van der Waals surface area contributed by atoms with E-state index in [1.54, 1.807) is 54.6 Å². The second-order valence-corrected chi connectivity index (χ2v) is 12.0. The van der Waals surface area contributed by atoms with Crippen LogP contribution in [0.15, 0.2) is 97.1 Å². The number of aromatic hydroxyl groups is 4. The lowest BCUT2D eigenvalue weighted by atomic mass is 10.0. The summed E-state index contributed by atoms with van der Waals surface area (Å²) in [7, 11) is 0. The Hall–Kier alpha value is -5.50. The van der Waals surface area contributed by atoms with Crippen molar-refractivity contribution in [3.63, 3.8) is 0 Å². The Balaban J connectivity index is 0.908. The lowest BCUT2D eigenvalue weighted by Crippen LogP contribution is -1.96.